The summed E-state index contributed by atoms with van der Waals surface area (Å²) in [5.74, 6) is -3.17. The van der Waals surface area contributed by atoms with E-state index in [1.807, 2.05) is 6.92 Å². The van der Waals surface area contributed by atoms with Crippen LogP contribution in [0.1, 0.15) is 30.1 Å². The van der Waals surface area contributed by atoms with Crippen molar-refractivity contribution in [3.05, 3.63) is 58.4 Å². The van der Waals surface area contributed by atoms with E-state index in [0.29, 0.717) is 12.6 Å². The Labute approximate surface area is 199 Å². The van der Waals surface area contributed by atoms with Gasteiger partial charge < -0.3 is 9.30 Å². The van der Waals surface area contributed by atoms with Crippen LogP contribution >= 0.6 is 11.3 Å². The van der Waals surface area contributed by atoms with Crippen LogP contribution in [0.25, 0.3) is 10.2 Å². The molecule has 0 unspecified atom stereocenters. The van der Waals surface area contributed by atoms with Crippen LogP contribution in [0.15, 0.2) is 46.3 Å². The molecule has 0 aliphatic rings. The fourth-order valence-corrected chi connectivity index (χ4v) is 5.43. The number of carbonyl (C=O) groups is 2. The number of sulfonamides is 1. The van der Waals surface area contributed by atoms with Gasteiger partial charge in [0, 0.05) is 25.2 Å². The van der Waals surface area contributed by atoms with Crippen molar-refractivity contribution < 1.29 is 31.5 Å². The van der Waals surface area contributed by atoms with Crippen LogP contribution in [-0.4, -0.2) is 49.9 Å². The summed E-state index contributed by atoms with van der Waals surface area (Å²) < 4.78 is 60.6. The third kappa shape index (κ3) is 5.40. The number of esters is 1. The van der Waals surface area contributed by atoms with Crippen LogP contribution in [0.2, 0.25) is 0 Å². The lowest BCUT2D eigenvalue weighted by atomic mass is 10.2. The lowest BCUT2D eigenvalue weighted by Crippen LogP contribution is -2.27. The molecule has 0 atom stereocenters. The molecule has 12 heteroatoms. The number of halogens is 2. The number of carbonyl (C=O) groups excluding carboxylic acids is 2. The maximum Gasteiger partial charge on any atom is 0.325 e. The Balaban J connectivity index is 2.00. The van der Waals surface area contributed by atoms with Gasteiger partial charge in [-0.3, -0.25) is 9.59 Å². The van der Waals surface area contributed by atoms with Gasteiger partial charge in [0.15, 0.2) is 10.6 Å². The average molecular weight is 512 g/mol. The summed E-state index contributed by atoms with van der Waals surface area (Å²) in [6.45, 7) is 1.89. The van der Waals surface area contributed by atoms with E-state index in [1.165, 1.54) is 35.6 Å². The number of fused-ring (bicyclic) bond motifs is 1. The van der Waals surface area contributed by atoms with Crippen LogP contribution in [-0.2, 0) is 26.1 Å². The highest BCUT2D eigenvalue weighted by atomic mass is 32.2. The molecule has 0 aliphatic carbocycles. The Morgan fingerprint density at radius 3 is 2.47 bits per heavy atom. The van der Waals surface area contributed by atoms with Crippen molar-refractivity contribution in [3.63, 3.8) is 0 Å². The number of nitrogens with zero attached hydrogens (tertiary/aromatic N) is 3. The lowest BCUT2D eigenvalue weighted by Gasteiger charge is -2.16. The van der Waals surface area contributed by atoms with E-state index < -0.39 is 40.1 Å². The Kier molecular flexibility index (Phi) is 7.95. The normalized spacial score (nSPS) is 12.5. The zero-order chi connectivity index (χ0) is 25.0. The molecule has 182 valence electrons. The maximum absolute atomic E-state index is 14.4. The second-order valence-electron chi connectivity index (χ2n) is 7.40. The molecule has 0 saturated carbocycles. The van der Waals surface area contributed by atoms with Gasteiger partial charge in [0.1, 0.15) is 12.4 Å². The Hall–Kier alpha value is -2.96. The molecule has 0 aliphatic heterocycles. The molecule has 0 radical (unpaired) electrons. The SMILES string of the molecule is CCCCN(C)S(=O)(=O)c1ccc(C(=O)N=c2sc3cc(F)cc(F)c3n2CC(=O)OC)cc1. The fraction of sp³-hybridized carbons (Fsp3) is 0.318. The fourth-order valence-electron chi connectivity index (χ4n) is 3.16. The quantitative estimate of drug-likeness (QED) is 0.432. The Bertz CT molecular complexity index is 1400. The van der Waals surface area contributed by atoms with Gasteiger partial charge in [0.25, 0.3) is 5.91 Å². The van der Waals surface area contributed by atoms with Crippen LogP contribution in [0.3, 0.4) is 0 Å². The van der Waals surface area contributed by atoms with E-state index >= 15 is 0 Å². The molecule has 3 aromatic rings. The van der Waals surface area contributed by atoms with Gasteiger partial charge in [0.2, 0.25) is 10.0 Å². The van der Waals surface area contributed by atoms with Gasteiger partial charge in [-0.05, 0) is 36.8 Å². The van der Waals surface area contributed by atoms with Crippen molar-refractivity contribution in [2.24, 2.45) is 4.99 Å². The van der Waals surface area contributed by atoms with E-state index in [4.69, 9.17) is 0 Å². The molecule has 0 saturated heterocycles. The minimum atomic E-state index is -3.70. The minimum Gasteiger partial charge on any atom is -0.468 e. The van der Waals surface area contributed by atoms with Crippen molar-refractivity contribution in [1.82, 2.24) is 8.87 Å². The molecule has 2 aromatic carbocycles. The lowest BCUT2D eigenvalue weighted by molar-refractivity contribution is -0.141. The first-order valence-electron chi connectivity index (χ1n) is 10.3. The smallest absolute Gasteiger partial charge is 0.325 e. The van der Waals surface area contributed by atoms with Crippen molar-refractivity contribution in [2.75, 3.05) is 20.7 Å². The van der Waals surface area contributed by atoms with Crippen LogP contribution in [0.5, 0.6) is 0 Å². The topological polar surface area (TPSA) is 98.0 Å². The molecule has 0 fully saturated rings. The number of aromatic nitrogens is 1. The van der Waals surface area contributed by atoms with Crippen molar-refractivity contribution in [2.45, 2.75) is 31.2 Å². The van der Waals surface area contributed by atoms with E-state index in [2.05, 4.69) is 9.73 Å². The molecule has 8 nitrogen and oxygen atoms in total. The third-order valence-corrected chi connectivity index (χ3v) is 7.94. The largest absolute Gasteiger partial charge is 0.468 e. The molecule has 1 aromatic heterocycles. The summed E-state index contributed by atoms with van der Waals surface area (Å²) in [4.78, 5) is 28.6. The van der Waals surface area contributed by atoms with Crippen molar-refractivity contribution >= 4 is 43.5 Å². The number of unbranched alkanes of at least 4 members (excludes halogenated alkanes) is 1. The number of hydrogen-bond donors (Lipinski definition) is 0. The molecule has 0 N–H and O–H groups in total. The van der Waals surface area contributed by atoms with Crippen molar-refractivity contribution in [3.8, 4) is 0 Å². The maximum atomic E-state index is 14.4. The van der Waals surface area contributed by atoms with Gasteiger partial charge in [-0.1, -0.05) is 24.7 Å². The first-order valence-corrected chi connectivity index (χ1v) is 12.5. The molecule has 1 heterocycles. The van der Waals surface area contributed by atoms with Crippen LogP contribution < -0.4 is 4.80 Å². The van der Waals surface area contributed by atoms with E-state index in [-0.39, 0.29) is 25.5 Å². The number of hydrogen-bond acceptors (Lipinski definition) is 6. The van der Waals surface area contributed by atoms with Gasteiger partial charge in [-0.25, -0.2) is 21.5 Å². The van der Waals surface area contributed by atoms with E-state index in [0.717, 1.165) is 41.9 Å². The number of methoxy groups -OCH3 is 1. The summed E-state index contributed by atoms with van der Waals surface area (Å²) in [6, 6.07) is 7.02. The summed E-state index contributed by atoms with van der Waals surface area (Å²) in [6.07, 6.45) is 1.56. The van der Waals surface area contributed by atoms with Gasteiger partial charge >= 0.3 is 5.97 Å². The van der Waals surface area contributed by atoms with Crippen LogP contribution in [0, 0.1) is 11.6 Å². The molecular weight excluding hydrogens is 488 g/mol. The predicted molar refractivity (Wildman–Crippen MR) is 123 cm³/mol. The zero-order valence-electron chi connectivity index (χ0n) is 18.7. The molecule has 1 amide bonds. The minimum absolute atomic E-state index is 0.0304. The standard InChI is InChI=1S/C22H23F2N3O5S2/c1-4-5-10-26(2)34(30,31)16-8-6-14(7-9-16)21(29)25-22-27(13-19(28)32-3)20-17(24)11-15(23)12-18(20)33-22/h6-9,11-12H,4-5,10,13H2,1-3H3. The van der Waals surface area contributed by atoms with Gasteiger partial charge in [-0.15, -0.1) is 0 Å². The zero-order valence-corrected chi connectivity index (χ0v) is 20.4. The summed E-state index contributed by atoms with van der Waals surface area (Å²) in [7, 11) is -1.05. The number of thiazole rings is 1. The number of rotatable bonds is 8. The van der Waals surface area contributed by atoms with E-state index in [9.17, 15) is 26.8 Å². The molecule has 3 rings (SSSR count). The molecule has 0 spiro atoms. The number of benzene rings is 2. The first kappa shape index (κ1) is 25.7. The summed E-state index contributed by atoms with van der Waals surface area (Å²) in [5.41, 5.74) is 0.00351. The highest BCUT2D eigenvalue weighted by molar-refractivity contribution is 7.89. The Morgan fingerprint density at radius 1 is 1.18 bits per heavy atom. The monoisotopic (exact) mass is 511 g/mol. The summed E-state index contributed by atoms with van der Waals surface area (Å²) >= 11 is 0.832. The first-order chi connectivity index (χ1) is 16.1. The van der Waals surface area contributed by atoms with Crippen LogP contribution in [0.4, 0.5) is 8.78 Å². The van der Waals surface area contributed by atoms with Crippen molar-refractivity contribution in [1.29, 1.82) is 0 Å². The molecule has 34 heavy (non-hydrogen) atoms. The number of ether oxygens (including phenoxy) is 1. The van der Waals surface area contributed by atoms with Gasteiger partial charge in [0.05, 0.1) is 22.2 Å². The second-order valence-corrected chi connectivity index (χ2v) is 10.5. The average Bonchev–Trinajstić information content (AvgIpc) is 3.13. The highest BCUT2D eigenvalue weighted by Gasteiger charge is 2.21. The number of amides is 1. The second kappa shape index (κ2) is 10.5. The van der Waals surface area contributed by atoms with E-state index in [1.54, 1.807) is 0 Å². The highest BCUT2D eigenvalue weighted by Crippen LogP contribution is 2.23. The Morgan fingerprint density at radius 2 is 1.85 bits per heavy atom. The van der Waals surface area contributed by atoms with Gasteiger partial charge in [-0.2, -0.15) is 4.99 Å². The molecular formula is C22H23F2N3O5S2. The third-order valence-electron chi connectivity index (χ3n) is 5.04. The molecule has 0 bridgehead atoms. The predicted octanol–water partition coefficient (Wildman–Crippen LogP) is 3.32. The summed E-state index contributed by atoms with van der Waals surface area (Å²) in [5, 5.41) is 0.